The van der Waals surface area contributed by atoms with Crippen molar-refractivity contribution >= 4 is 33.1 Å². The number of hydrogen-bond donors (Lipinski definition) is 1. The number of aryl methyl sites for hydroxylation is 1. The molecule has 0 aliphatic carbocycles. The van der Waals surface area contributed by atoms with Gasteiger partial charge in [0.25, 0.3) is 0 Å². The van der Waals surface area contributed by atoms with Crippen molar-refractivity contribution in [3.63, 3.8) is 0 Å². The van der Waals surface area contributed by atoms with Gasteiger partial charge in [0.2, 0.25) is 0 Å². The number of anilines is 2. The molecule has 0 amide bonds. The standard InChI is InChI=1S/C20H23N5S/c1-14-11-17-19(22-13-23-20(17)26-14)25-9-7-24(8-10-25)12-16-4-2-3-15-5-6-21-18(15)16/h2-4,11,13,21H,5-10,12H2,1H3. The van der Waals surface area contributed by atoms with Crippen molar-refractivity contribution in [1.29, 1.82) is 0 Å². The zero-order valence-electron chi connectivity index (χ0n) is 15.0. The number of nitrogens with zero attached hydrogens (tertiary/aromatic N) is 4. The Morgan fingerprint density at radius 2 is 2.04 bits per heavy atom. The lowest BCUT2D eigenvalue weighted by molar-refractivity contribution is 0.250. The molecule has 26 heavy (non-hydrogen) atoms. The molecule has 1 N–H and O–H groups in total. The second-order valence-corrected chi connectivity index (χ2v) is 8.40. The number of benzene rings is 1. The van der Waals surface area contributed by atoms with Gasteiger partial charge in [-0.1, -0.05) is 18.2 Å². The van der Waals surface area contributed by atoms with Crippen molar-refractivity contribution in [2.24, 2.45) is 0 Å². The van der Waals surface area contributed by atoms with Crippen molar-refractivity contribution in [2.45, 2.75) is 19.9 Å². The highest BCUT2D eigenvalue weighted by Gasteiger charge is 2.22. The summed E-state index contributed by atoms with van der Waals surface area (Å²) in [4.78, 5) is 16.4. The van der Waals surface area contributed by atoms with Gasteiger partial charge in [-0.15, -0.1) is 11.3 Å². The van der Waals surface area contributed by atoms with Gasteiger partial charge in [-0.2, -0.15) is 0 Å². The number of piperazine rings is 1. The highest BCUT2D eigenvalue weighted by Crippen LogP contribution is 2.31. The number of para-hydroxylation sites is 1. The molecule has 2 aliphatic rings. The van der Waals surface area contributed by atoms with Gasteiger partial charge < -0.3 is 10.2 Å². The van der Waals surface area contributed by atoms with E-state index in [2.05, 4.69) is 56.3 Å². The van der Waals surface area contributed by atoms with Crippen LogP contribution in [0, 0.1) is 6.92 Å². The van der Waals surface area contributed by atoms with E-state index in [1.807, 2.05) is 0 Å². The van der Waals surface area contributed by atoms with Crippen LogP contribution in [0.5, 0.6) is 0 Å². The van der Waals surface area contributed by atoms with Crippen LogP contribution in [0.15, 0.2) is 30.6 Å². The average molecular weight is 366 g/mol. The average Bonchev–Trinajstić information content (AvgIpc) is 3.28. The van der Waals surface area contributed by atoms with Gasteiger partial charge in [0.05, 0.1) is 5.39 Å². The summed E-state index contributed by atoms with van der Waals surface area (Å²) in [7, 11) is 0. The molecular formula is C20H23N5S. The molecule has 2 aromatic heterocycles. The fourth-order valence-corrected chi connectivity index (χ4v) is 4.96. The molecule has 5 rings (SSSR count). The minimum absolute atomic E-state index is 1.02. The number of aromatic nitrogens is 2. The Labute approximate surface area is 157 Å². The summed E-state index contributed by atoms with van der Waals surface area (Å²) in [6.45, 7) is 8.41. The molecule has 5 nitrogen and oxygen atoms in total. The van der Waals surface area contributed by atoms with E-state index in [0.717, 1.165) is 56.3 Å². The van der Waals surface area contributed by atoms with Crippen molar-refractivity contribution in [1.82, 2.24) is 14.9 Å². The number of rotatable bonds is 3. The number of fused-ring (bicyclic) bond motifs is 2. The van der Waals surface area contributed by atoms with Crippen molar-refractivity contribution in [3.8, 4) is 0 Å². The second-order valence-electron chi connectivity index (χ2n) is 7.16. The van der Waals surface area contributed by atoms with Crippen molar-refractivity contribution < 1.29 is 0 Å². The van der Waals surface area contributed by atoms with Crippen LogP contribution in [0.25, 0.3) is 10.2 Å². The molecule has 1 aromatic carbocycles. The highest BCUT2D eigenvalue weighted by molar-refractivity contribution is 7.18. The molecule has 1 fully saturated rings. The molecular weight excluding hydrogens is 342 g/mol. The topological polar surface area (TPSA) is 44.3 Å². The second kappa shape index (κ2) is 6.52. The normalized spacial score (nSPS) is 17.5. The third kappa shape index (κ3) is 2.83. The van der Waals surface area contributed by atoms with Crippen molar-refractivity contribution in [2.75, 3.05) is 42.9 Å². The molecule has 1 saturated heterocycles. The molecule has 0 spiro atoms. The molecule has 4 heterocycles. The maximum absolute atomic E-state index is 4.59. The number of nitrogens with one attached hydrogen (secondary N) is 1. The Kier molecular flexibility index (Phi) is 4.02. The van der Waals surface area contributed by atoms with E-state index in [-0.39, 0.29) is 0 Å². The van der Waals surface area contributed by atoms with Gasteiger partial charge in [0.15, 0.2) is 0 Å². The fraction of sp³-hybridized carbons (Fsp3) is 0.400. The molecule has 3 aromatic rings. The van der Waals surface area contributed by atoms with E-state index < -0.39 is 0 Å². The first-order valence-corrected chi connectivity index (χ1v) is 10.1. The Hall–Kier alpha value is -2.18. The third-order valence-electron chi connectivity index (χ3n) is 5.43. The van der Waals surface area contributed by atoms with Gasteiger partial charge in [-0.05, 0) is 30.5 Å². The zero-order valence-corrected chi connectivity index (χ0v) is 15.9. The summed E-state index contributed by atoms with van der Waals surface area (Å²) in [6, 6.07) is 8.94. The van der Waals surface area contributed by atoms with Crippen LogP contribution < -0.4 is 10.2 Å². The smallest absolute Gasteiger partial charge is 0.140 e. The summed E-state index contributed by atoms with van der Waals surface area (Å²) >= 11 is 1.75. The quantitative estimate of drug-likeness (QED) is 0.772. The first kappa shape index (κ1) is 16.0. The van der Waals surface area contributed by atoms with Crippen LogP contribution in [-0.4, -0.2) is 47.6 Å². The largest absolute Gasteiger partial charge is 0.384 e. The minimum Gasteiger partial charge on any atom is -0.384 e. The number of thiophene rings is 1. The van der Waals surface area contributed by atoms with Gasteiger partial charge in [-0.3, -0.25) is 4.90 Å². The SMILES string of the molecule is Cc1cc2c(N3CCN(Cc4cccc5c4NCC5)CC3)ncnc2s1. The first-order chi connectivity index (χ1) is 12.8. The maximum atomic E-state index is 4.59. The zero-order chi connectivity index (χ0) is 17.5. The summed E-state index contributed by atoms with van der Waals surface area (Å²) < 4.78 is 0. The van der Waals surface area contributed by atoms with E-state index in [0.29, 0.717) is 0 Å². The van der Waals surface area contributed by atoms with Crippen LogP contribution >= 0.6 is 11.3 Å². The van der Waals surface area contributed by atoms with Gasteiger partial charge in [0.1, 0.15) is 17.0 Å². The van der Waals surface area contributed by atoms with Crippen molar-refractivity contribution in [3.05, 3.63) is 46.6 Å². The summed E-state index contributed by atoms with van der Waals surface area (Å²) in [5, 5.41) is 4.76. The molecule has 0 radical (unpaired) electrons. The lowest BCUT2D eigenvalue weighted by Crippen LogP contribution is -2.46. The van der Waals surface area contributed by atoms with Gasteiger partial charge >= 0.3 is 0 Å². The summed E-state index contributed by atoms with van der Waals surface area (Å²) in [6.07, 6.45) is 2.86. The summed E-state index contributed by atoms with van der Waals surface area (Å²) in [5.41, 5.74) is 4.28. The molecule has 0 bridgehead atoms. The van der Waals surface area contributed by atoms with E-state index >= 15 is 0 Å². The molecule has 0 atom stereocenters. The Bertz CT molecular complexity index is 943. The van der Waals surface area contributed by atoms with Gasteiger partial charge in [0, 0.05) is 49.8 Å². The predicted octanol–water partition coefficient (Wildman–Crippen LogP) is 3.29. The van der Waals surface area contributed by atoms with Crippen LogP contribution in [-0.2, 0) is 13.0 Å². The highest BCUT2D eigenvalue weighted by atomic mass is 32.1. The Morgan fingerprint density at radius 3 is 2.92 bits per heavy atom. The van der Waals surface area contributed by atoms with Crippen LogP contribution in [0.1, 0.15) is 16.0 Å². The molecule has 6 heteroatoms. The van der Waals surface area contributed by atoms with Crippen LogP contribution in [0.3, 0.4) is 0 Å². The summed E-state index contributed by atoms with van der Waals surface area (Å²) in [5.74, 6) is 1.10. The lowest BCUT2D eigenvalue weighted by atomic mass is 10.1. The third-order valence-corrected chi connectivity index (χ3v) is 6.39. The van der Waals surface area contributed by atoms with E-state index in [1.54, 1.807) is 17.7 Å². The Morgan fingerprint density at radius 1 is 1.15 bits per heavy atom. The van der Waals surface area contributed by atoms with Gasteiger partial charge in [-0.25, -0.2) is 9.97 Å². The molecule has 0 unspecified atom stereocenters. The lowest BCUT2D eigenvalue weighted by Gasteiger charge is -2.35. The van der Waals surface area contributed by atoms with E-state index in [4.69, 9.17) is 0 Å². The molecule has 0 saturated carbocycles. The monoisotopic (exact) mass is 365 g/mol. The van der Waals surface area contributed by atoms with E-state index in [1.165, 1.54) is 27.1 Å². The number of hydrogen-bond acceptors (Lipinski definition) is 6. The maximum Gasteiger partial charge on any atom is 0.140 e. The fourth-order valence-electron chi connectivity index (χ4n) is 4.12. The first-order valence-electron chi connectivity index (χ1n) is 9.31. The van der Waals surface area contributed by atoms with Crippen LogP contribution in [0.4, 0.5) is 11.5 Å². The molecule has 2 aliphatic heterocycles. The Balaban J connectivity index is 1.30. The minimum atomic E-state index is 1.02. The predicted molar refractivity (Wildman–Crippen MR) is 108 cm³/mol. The van der Waals surface area contributed by atoms with E-state index in [9.17, 15) is 0 Å². The molecule has 134 valence electrons. The van der Waals surface area contributed by atoms with Crippen LogP contribution in [0.2, 0.25) is 0 Å².